The summed E-state index contributed by atoms with van der Waals surface area (Å²) in [7, 11) is 0. The molecule has 94 valence electrons. The van der Waals surface area contributed by atoms with Crippen LogP contribution in [0.1, 0.15) is 17.8 Å². The quantitative estimate of drug-likeness (QED) is 0.851. The Morgan fingerprint density at radius 3 is 2.72 bits per heavy atom. The smallest absolute Gasteiger partial charge is 0.305 e. The van der Waals surface area contributed by atoms with Gasteiger partial charge in [-0.3, -0.25) is 4.79 Å². The normalized spacial score (nSPS) is 10.5. The second kappa shape index (κ2) is 5.35. The fourth-order valence-electron chi connectivity index (χ4n) is 1.42. The molecule has 0 aliphatic rings. The first-order valence-corrected chi connectivity index (χ1v) is 5.36. The number of aryl methyl sites for hydroxylation is 1. The van der Waals surface area contributed by atoms with E-state index in [-0.39, 0.29) is 18.8 Å². The van der Waals surface area contributed by atoms with Gasteiger partial charge in [0.25, 0.3) is 0 Å². The summed E-state index contributed by atoms with van der Waals surface area (Å²) < 4.78 is 12.7. The fraction of sp³-hybridized carbons (Fsp3) is 0.273. The maximum atomic E-state index is 12.7. The van der Waals surface area contributed by atoms with E-state index in [2.05, 4.69) is 15.4 Å². The number of benzene rings is 1. The molecule has 1 aromatic carbocycles. The third kappa shape index (κ3) is 3.34. The Morgan fingerprint density at radius 1 is 1.33 bits per heavy atom. The van der Waals surface area contributed by atoms with E-state index >= 15 is 0 Å². The Kier molecular flexibility index (Phi) is 3.61. The fourth-order valence-corrected chi connectivity index (χ4v) is 1.42. The van der Waals surface area contributed by atoms with E-state index in [0.29, 0.717) is 12.2 Å². The van der Waals surface area contributed by atoms with Crippen LogP contribution < -0.4 is 0 Å². The second-order valence-electron chi connectivity index (χ2n) is 3.75. The Hall–Kier alpha value is -2.31. The van der Waals surface area contributed by atoms with E-state index < -0.39 is 5.97 Å². The maximum absolute atomic E-state index is 12.7. The topological polar surface area (TPSA) is 80.9 Å². The van der Waals surface area contributed by atoms with Gasteiger partial charge in [0.15, 0.2) is 5.82 Å². The van der Waals surface area contributed by atoms with Crippen molar-refractivity contribution in [3.05, 3.63) is 41.5 Å². The van der Waals surface area contributed by atoms with Crippen LogP contribution in [0.2, 0.25) is 0 Å². The average molecular weight is 250 g/mol. The number of tetrazole rings is 1. The minimum absolute atomic E-state index is 0.0493. The van der Waals surface area contributed by atoms with Crippen LogP contribution in [0.4, 0.5) is 4.39 Å². The SMILES string of the molecule is O=C(O)CCn1nnc(Cc2ccc(F)cc2)n1. The molecular formula is C11H11FN4O2. The Morgan fingerprint density at radius 2 is 2.06 bits per heavy atom. The number of hydrogen-bond acceptors (Lipinski definition) is 4. The molecule has 0 unspecified atom stereocenters. The number of nitrogens with zero attached hydrogens (tertiary/aromatic N) is 4. The molecule has 0 spiro atoms. The van der Waals surface area contributed by atoms with Crippen molar-refractivity contribution in [3.63, 3.8) is 0 Å². The highest BCUT2D eigenvalue weighted by Gasteiger charge is 2.05. The molecule has 6 nitrogen and oxygen atoms in total. The van der Waals surface area contributed by atoms with Gasteiger partial charge in [0, 0.05) is 6.42 Å². The summed E-state index contributed by atoms with van der Waals surface area (Å²) in [5.41, 5.74) is 0.870. The van der Waals surface area contributed by atoms with Crippen LogP contribution in [-0.2, 0) is 17.8 Å². The molecule has 1 heterocycles. The van der Waals surface area contributed by atoms with Gasteiger partial charge >= 0.3 is 5.97 Å². The van der Waals surface area contributed by atoms with Crippen LogP contribution in [0.5, 0.6) is 0 Å². The van der Waals surface area contributed by atoms with Crippen molar-refractivity contribution in [1.82, 2.24) is 20.2 Å². The predicted octanol–water partition coefficient (Wildman–Crippen LogP) is 0.878. The largest absolute Gasteiger partial charge is 0.481 e. The van der Waals surface area contributed by atoms with E-state index in [9.17, 15) is 9.18 Å². The summed E-state index contributed by atoms with van der Waals surface area (Å²) in [5, 5.41) is 20.1. The van der Waals surface area contributed by atoms with Crippen molar-refractivity contribution >= 4 is 5.97 Å². The minimum atomic E-state index is -0.910. The summed E-state index contributed by atoms with van der Waals surface area (Å²) in [6.45, 7) is 0.186. The maximum Gasteiger partial charge on any atom is 0.305 e. The molecule has 7 heteroatoms. The molecule has 0 saturated carbocycles. The molecule has 0 saturated heterocycles. The van der Waals surface area contributed by atoms with Crippen molar-refractivity contribution < 1.29 is 14.3 Å². The Labute approximate surface area is 102 Å². The van der Waals surface area contributed by atoms with E-state index in [4.69, 9.17) is 5.11 Å². The van der Waals surface area contributed by atoms with Gasteiger partial charge in [-0.15, -0.1) is 10.2 Å². The monoisotopic (exact) mass is 250 g/mol. The molecular weight excluding hydrogens is 239 g/mol. The van der Waals surface area contributed by atoms with Crippen LogP contribution in [0.15, 0.2) is 24.3 Å². The highest BCUT2D eigenvalue weighted by Crippen LogP contribution is 2.06. The molecule has 1 aromatic heterocycles. The first kappa shape index (κ1) is 12.2. The molecule has 0 aliphatic heterocycles. The first-order chi connectivity index (χ1) is 8.63. The molecule has 0 fully saturated rings. The third-order valence-electron chi connectivity index (χ3n) is 2.30. The summed E-state index contributed by atoms with van der Waals surface area (Å²) in [5.74, 6) is -0.726. The van der Waals surface area contributed by atoms with Gasteiger partial charge in [-0.1, -0.05) is 12.1 Å². The molecule has 18 heavy (non-hydrogen) atoms. The van der Waals surface area contributed by atoms with E-state index in [1.165, 1.54) is 16.9 Å². The lowest BCUT2D eigenvalue weighted by Crippen LogP contribution is -2.07. The van der Waals surface area contributed by atoms with Gasteiger partial charge in [-0.2, -0.15) is 4.80 Å². The summed E-state index contributed by atoms with van der Waals surface area (Å²) in [6, 6.07) is 6.02. The van der Waals surface area contributed by atoms with E-state index in [1.54, 1.807) is 12.1 Å². The molecule has 0 aliphatic carbocycles. The molecule has 0 amide bonds. The number of hydrogen-bond donors (Lipinski definition) is 1. The molecule has 2 aromatic rings. The Bertz CT molecular complexity index is 538. The summed E-state index contributed by atoms with van der Waals surface area (Å²) in [4.78, 5) is 11.6. The first-order valence-electron chi connectivity index (χ1n) is 5.36. The number of aliphatic carboxylic acids is 1. The van der Waals surface area contributed by atoms with Crippen LogP contribution in [0, 0.1) is 5.82 Å². The van der Waals surface area contributed by atoms with Crippen LogP contribution in [0.3, 0.4) is 0 Å². The molecule has 1 N–H and O–H groups in total. The van der Waals surface area contributed by atoms with Crippen molar-refractivity contribution in [2.24, 2.45) is 0 Å². The molecule has 2 rings (SSSR count). The Balaban J connectivity index is 1.97. The predicted molar refractivity (Wildman–Crippen MR) is 59.3 cm³/mol. The lowest BCUT2D eigenvalue weighted by Gasteiger charge is -1.96. The number of halogens is 1. The number of carboxylic acids is 1. The van der Waals surface area contributed by atoms with Gasteiger partial charge in [-0.25, -0.2) is 4.39 Å². The average Bonchev–Trinajstić information content (AvgIpc) is 2.77. The van der Waals surface area contributed by atoms with Crippen molar-refractivity contribution in [1.29, 1.82) is 0 Å². The standard InChI is InChI=1S/C11H11FN4O2/c12-9-3-1-8(2-4-9)7-10-13-15-16(14-10)6-5-11(17)18/h1-4H,5-7H2,(H,17,18). The van der Waals surface area contributed by atoms with Crippen LogP contribution in [0.25, 0.3) is 0 Å². The van der Waals surface area contributed by atoms with Gasteiger partial charge in [0.1, 0.15) is 5.82 Å². The van der Waals surface area contributed by atoms with Crippen molar-refractivity contribution in [2.45, 2.75) is 19.4 Å². The van der Waals surface area contributed by atoms with Gasteiger partial charge in [-0.05, 0) is 22.9 Å². The van der Waals surface area contributed by atoms with Gasteiger partial charge in [0.2, 0.25) is 0 Å². The second-order valence-corrected chi connectivity index (χ2v) is 3.75. The lowest BCUT2D eigenvalue weighted by molar-refractivity contribution is -0.137. The molecule has 0 radical (unpaired) electrons. The molecule has 0 bridgehead atoms. The zero-order chi connectivity index (χ0) is 13.0. The number of rotatable bonds is 5. The summed E-state index contributed by atoms with van der Waals surface area (Å²) in [6.07, 6.45) is 0.389. The lowest BCUT2D eigenvalue weighted by atomic mass is 10.1. The minimum Gasteiger partial charge on any atom is -0.481 e. The van der Waals surface area contributed by atoms with Crippen LogP contribution >= 0.6 is 0 Å². The number of carbonyl (C=O) groups is 1. The van der Waals surface area contributed by atoms with E-state index in [0.717, 1.165) is 5.56 Å². The van der Waals surface area contributed by atoms with Gasteiger partial charge < -0.3 is 5.11 Å². The zero-order valence-electron chi connectivity index (χ0n) is 9.45. The van der Waals surface area contributed by atoms with Gasteiger partial charge in [0.05, 0.1) is 13.0 Å². The van der Waals surface area contributed by atoms with Crippen molar-refractivity contribution in [3.8, 4) is 0 Å². The number of aromatic nitrogens is 4. The van der Waals surface area contributed by atoms with Crippen molar-refractivity contribution in [2.75, 3.05) is 0 Å². The highest BCUT2D eigenvalue weighted by molar-refractivity contribution is 5.66. The summed E-state index contributed by atoms with van der Waals surface area (Å²) >= 11 is 0. The van der Waals surface area contributed by atoms with E-state index in [1.807, 2.05) is 0 Å². The highest BCUT2D eigenvalue weighted by atomic mass is 19.1. The molecule has 0 atom stereocenters. The number of carboxylic acid groups (broad SMARTS) is 1. The zero-order valence-corrected chi connectivity index (χ0v) is 9.45. The third-order valence-corrected chi connectivity index (χ3v) is 2.30. The van der Waals surface area contributed by atoms with Crippen LogP contribution in [-0.4, -0.2) is 31.3 Å².